The number of esters is 2. The maximum atomic E-state index is 11.9. The van der Waals surface area contributed by atoms with Crippen molar-refractivity contribution in [2.24, 2.45) is 5.41 Å². The minimum absolute atomic E-state index is 0.0314. The lowest BCUT2D eigenvalue weighted by Crippen LogP contribution is -2.41. The molecule has 0 bridgehead atoms. The largest absolute Gasteiger partial charge is 0.461 e. The van der Waals surface area contributed by atoms with E-state index in [1.807, 2.05) is 30.3 Å². The molecule has 2 rings (SSSR count). The van der Waals surface area contributed by atoms with Gasteiger partial charge in [0.05, 0.1) is 18.6 Å². The van der Waals surface area contributed by atoms with E-state index < -0.39 is 11.0 Å². The van der Waals surface area contributed by atoms with Crippen molar-refractivity contribution >= 4 is 11.9 Å². The van der Waals surface area contributed by atoms with E-state index in [1.165, 1.54) is 0 Å². The summed E-state index contributed by atoms with van der Waals surface area (Å²) in [5, 5.41) is 0. The zero-order valence-corrected chi connectivity index (χ0v) is 14.0. The number of hydrogen-bond donors (Lipinski definition) is 0. The fourth-order valence-corrected chi connectivity index (χ4v) is 2.26. The van der Waals surface area contributed by atoms with Crippen LogP contribution in [-0.2, 0) is 30.4 Å². The van der Waals surface area contributed by atoms with Crippen LogP contribution in [0.15, 0.2) is 30.3 Å². The number of rotatable bonds is 6. The average Bonchev–Trinajstić information content (AvgIpc) is 2.87. The maximum absolute atomic E-state index is 11.9. The lowest BCUT2D eigenvalue weighted by Gasteiger charge is -2.28. The van der Waals surface area contributed by atoms with E-state index in [-0.39, 0.29) is 25.2 Å². The summed E-state index contributed by atoms with van der Waals surface area (Å²) < 4.78 is 16.5. The molecule has 1 heterocycles. The Labute approximate surface area is 136 Å². The number of hydrogen-bond acceptors (Lipinski definition) is 5. The van der Waals surface area contributed by atoms with Gasteiger partial charge in [-0.25, -0.2) is 0 Å². The Balaban J connectivity index is 1.91. The molecule has 5 nitrogen and oxygen atoms in total. The van der Waals surface area contributed by atoms with Gasteiger partial charge in [0.2, 0.25) is 0 Å². The lowest BCUT2D eigenvalue weighted by atomic mass is 9.97. The first-order chi connectivity index (χ1) is 10.8. The molecule has 1 aliphatic rings. The quantitative estimate of drug-likeness (QED) is 0.754. The minimum Gasteiger partial charge on any atom is -0.461 e. The second-order valence-electron chi connectivity index (χ2n) is 6.96. The highest BCUT2D eigenvalue weighted by Gasteiger charge is 2.43. The van der Waals surface area contributed by atoms with Gasteiger partial charge in [0.1, 0.15) is 6.61 Å². The van der Waals surface area contributed by atoms with E-state index >= 15 is 0 Å². The number of ether oxygens (including phenoxy) is 3. The van der Waals surface area contributed by atoms with Crippen LogP contribution < -0.4 is 0 Å². The predicted octanol–water partition coefficient (Wildman–Crippen LogP) is 2.87. The van der Waals surface area contributed by atoms with Crippen molar-refractivity contribution in [1.82, 2.24) is 0 Å². The van der Waals surface area contributed by atoms with Gasteiger partial charge in [-0.15, -0.1) is 0 Å². The van der Waals surface area contributed by atoms with Crippen LogP contribution >= 0.6 is 0 Å². The molecule has 1 aromatic carbocycles. The van der Waals surface area contributed by atoms with Gasteiger partial charge in [0, 0.05) is 12.8 Å². The fourth-order valence-electron chi connectivity index (χ4n) is 2.26. The molecular weight excluding hydrogens is 296 g/mol. The summed E-state index contributed by atoms with van der Waals surface area (Å²) in [5.74, 6) is -0.594. The third-order valence-corrected chi connectivity index (χ3v) is 3.67. The Bertz CT molecular complexity index is 546. The third kappa shape index (κ3) is 5.06. The van der Waals surface area contributed by atoms with Crippen molar-refractivity contribution in [1.29, 1.82) is 0 Å². The molecule has 1 aliphatic heterocycles. The van der Waals surface area contributed by atoms with Gasteiger partial charge in [0.25, 0.3) is 0 Å². The molecule has 1 fully saturated rings. The highest BCUT2D eigenvalue weighted by atomic mass is 16.6. The van der Waals surface area contributed by atoms with Gasteiger partial charge in [0.15, 0.2) is 5.60 Å². The molecule has 1 unspecified atom stereocenters. The van der Waals surface area contributed by atoms with Crippen LogP contribution in [0.5, 0.6) is 0 Å². The van der Waals surface area contributed by atoms with E-state index in [0.29, 0.717) is 19.4 Å². The van der Waals surface area contributed by atoms with Gasteiger partial charge in [-0.1, -0.05) is 30.3 Å². The van der Waals surface area contributed by atoms with Gasteiger partial charge in [-0.2, -0.15) is 0 Å². The van der Waals surface area contributed by atoms with Gasteiger partial charge < -0.3 is 14.2 Å². The summed E-state index contributed by atoms with van der Waals surface area (Å²) in [4.78, 5) is 23.5. The lowest BCUT2D eigenvalue weighted by molar-refractivity contribution is -0.174. The van der Waals surface area contributed by atoms with Crippen LogP contribution in [0.2, 0.25) is 0 Å². The molecule has 0 amide bonds. The maximum Gasteiger partial charge on any atom is 0.311 e. The number of carbonyl (C=O) groups is 2. The molecule has 23 heavy (non-hydrogen) atoms. The first-order valence-corrected chi connectivity index (χ1v) is 7.82. The summed E-state index contributed by atoms with van der Waals surface area (Å²) in [6.45, 7) is 6.03. The van der Waals surface area contributed by atoms with E-state index in [0.717, 1.165) is 5.56 Å². The molecule has 0 saturated carbocycles. The molecule has 5 heteroatoms. The van der Waals surface area contributed by atoms with Crippen molar-refractivity contribution < 1.29 is 23.8 Å². The highest BCUT2D eigenvalue weighted by molar-refractivity contribution is 5.75. The van der Waals surface area contributed by atoms with Crippen LogP contribution in [0, 0.1) is 5.41 Å². The normalized spacial score (nSPS) is 21.1. The number of benzene rings is 1. The molecule has 0 aliphatic carbocycles. The van der Waals surface area contributed by atoms with E-state index in [1.54, 1.807) is 20.8 Å². The standard InChI is InChI=1S/C18H24O5/c1-17(2,3)16(20)22-13-18(10-9-15(19)23-18)12-21-11-14-7-5-4-6-8-14/h4-8H,9-13H2,1-3H3. The Kier molecular flexibility index (Phi) is 5.42. The molecule has 1 atom stereocenters. The van der Waals surface area contributed by atoms with Crippen molar-refractivity contribution in [3.63, 3.8) is 0 Å². The second-order valence-corrected chi connectivity index (χ2v) is 6.96. The zero-order valence-electron chi connectivity index (χ0n) is 14.0. The van der Waals surface area contributed by atoms with E-state index in [2.05, 4.69) is 0 Å². The summed E-state index contributed by atoms with van der Waals surface area (Å²) in [5.41, 5.74) is -0.416. The van der Waals surface area contributed by atoms with Gasteiger partial charge >= 0.3 is 11.9 Å². The molecule has 1 saturated heterocycles. The van der Waals surface area contributed by atoms with Crippen molar-refractivity contribution in [2.75, 3.05) is 13.2 Å². The minimum atomic E-state index is -0.868. The molecule has 126 valence electrons. The summed E-state index contributed by atoms with van der Waals surface area (Å²) >= 11 is 0. The number of cyclic esters (lactones) is 1. The fraction of sp³-hybridized carbons (Fsp3) is 0.556. The first kappa shape index (κ1) is 17.5. The second kappa shape index (κ2) is 7.13. The average molecular weight is 320 g/mol. The van der Waals surface area contributed by atoms with Crippen LogP contribution in [0.25, 0.3) is 0 Å². The topological polar surface area (TPSA) is 61.8 Å². The SMILES string of the molecule is CC(C)(C)C(=O)OCC1(COCc2ccccc2)CCC(=O)O1. The van der Waals surface area contributed by atoms with E-state index in [4.69, 9.17) is 14.2 Å². The van der Waals surface area contributed by atoms with E-state index in [9.17, 15) is 9.59 Å². The summed E-state index contributed by atoms with van der Waals surface area (Å²) in [6, 6.07) is 9.75. The van der Waals surface area contributed by atoms with Gasteiger partial charge in [-0.3, -0.25) is 9.59 Å². The Morgan fingerprint density at radius 1 is 1.22 bits per heavy atom. The molecule has 0 radical (unpaired) electrons. The van der Waals surface area contributed by atoms with Crippen LogP contribution in [0.3, 0.4) is 0 Å². The summed E-state index contributed by atoms with van der Waals surface area (Å²) in [6.07, 6.45) is 0.819. The number of carbonyl (C=O) groups excluding carboxylic acids is 2. The van der Waals surface area contributed by atoms with Gasteiger partial charge in [-0.05, 0) is 26.3 Å². The predicted molar refractivity (Wildman–Crippen MR) is 84.6 cm³/mol. The Morgan fingerprint density at radius 3 is 2.48 bits per heavy atom. The van der Waals surface area contributed by atoms with Crippen LogP contribution in [0.4, 0.5) is 0 Å². The third-order valence-electron chi connectivity index (χ3n) is 3.67. The Hall–Kier alpha value is -1.88. The van der Waals surface area contributed by atoms with Crippen molar-refractivity contribution in [3.8, 4) is 0 Å². The zero-order chi connectivity index (χ0) is 16.9. The van der Waals surface area contributed by atoms with Crippen LogP contribution in [-0.4, -0.2) is 30.8 Å². The van der Waals surface area contributed by atoms with Crippen molar-refractivity contribution in [3.05, 3.63) is 35.9 Å². The van der Waals surface area contributed by atoms with Crippen molar-refractivity contribution in [2.45, 2.75) is 45.8 Å². The molecule has 0 aromatic heterocycles. The monoisotopic (exact) mass is 320 g/mol. The molecule has 0 N–H and O–H groups in total. The molecular formula is C18H24O5. The van der Waals surface area contributed by atoms with Crippen LogP contribution in [0.1, 0.15) is 39.2 Å². The molecule has 1 aromatic rings. The highest BCUT2D eigenvalue weighted by Crippen LogP contribution is 2.29. The Morgan fingerprint density at radius 2 is 1.91 bits per heavy atom. The summed E-state index contributed by atoms with van der Waals surface area (Å²) in [7, 11) is 0. The molecule has 0 spiro atoms. The first-order valence-electron chi connectivity index (χ1n) is 7.82. The smallest absolute Gasteiger partial charge is 0.311 e.